The largest absolute Gasteiger partial charge is 0.372 e. The van der Waals surface area contributed by atoms with Crippen LogP contribution in [0.1, 0.15) is 34.6 Å². The smallest absolute Gasteiger partial charge is 0.317 e. The molecule has 1 fully saturated rings. The molecule has 1 heterocycles. The van der Waals surface area contributed by atoms with Gasteiger partial charge in [-0.2, -0.15) is 0 Å². The van der Waals surface area contributed by atoms with Crippen LogP contribution in [0.25, 0.3) is 0 Å². The summed E-state index contributed by atoms with van der Waals surface area (Å²) in [7, 11) is 0. The number of rotatable bonds is 5. The van der Waals surface area contributed by atoms with Gasteiger partial charge >= 0.3 is 6.03 Å². The number of morpholine rings is 1. The van der Waals surface area contributed by atoms with Gasteiger partial charge in [0.2, 0.25) is 0 Å². The second-order valence-electron chi connectivity index (χ2n) is 5.62. The highest BCUT2D eigenvalue weighted by atomic mass is 16.5. The minimum absolute atomic E-state index is 0.0295. The van der Waals surface area contributed by atoms with Gasteiger partial charge in [0.1, 0.15) is 0 Å². The van der Waals surface area contributed by atoms with Crippen LogP contribution in [0.4, 0.5) is 4.79 Å². The minimum atomic E-state index is 0.0295. The molecule has 0 radical (unpaired) electrons. The third kappa shape index (κ3) is 5.37. The fourth-order valence-corrected chi connectivity index (χ4v) is 2.54. The number of ether oxygens (including phenoxy) is 1. The molecular weight excluding hydrogens is 242 g/mol. The van der Waals surface area contributed by atoms with Crippen molar-refractivity contribution in [2.75, 3.05) is 32.7 Å². The average molecular weight is 271 g/mol. The highest BCUT2D eigenvalue weighted by Gasteiger charge is 2.25. The molecule has 1 N–H and O–H groups in total. The van der Waals surface area contributed by atoms with Gasteiger partial charge in [0, 0.05) is 32.2 Å². The molecule has 5 heteroatoms. The zero-order chi connectivity index (χ0) is 14.4. The normalized spacial score (nSPS) is 24.1. The summed E-state index contributed by atoms with van der Waals surface area (Å²) in [4.78, 5) is 16.3. The van der Waals surface area contributed by atoms with E-state index in [4.69, 9.17) is 4.74 Å². The van der Waals surface area contributed by atoms with Crippen LogP contribution < -0.4 is 5.32 Å². The lowest BCUT2D eigenvalue weighted by Crippen LogP contribution is -2.52. The van der Waals surface area contributed by atoms with E-state index < -0.39 is 0 Å². The molecule has 0 aromatic carbocycles. The number of nitrogens with zero attached hydrogens (tertiary/aromatic N) is 2. The monoisotopic (exact) mass is 271 g/mol. The predicted molar refractivity (Wildman–Crippen MR) is 77.4 cm³/mol. The van der Waals surface area contributed by atoms with Crippen LogP contribution in [0, 0.1) is 0 Å². The average Bonchev–Trinajstić information content (AvgIpc) is 2.32. The van der Waals surface area contributed by atoms with E-state index in [-0.39, 0.29) is 18.2 Å². The topological polar surface area (TPSA) is 44.8 Å². The predicted octanol–water partition coefficient (Wildman–Crippen LogP) is 1.54. The van der Waals surface area contributed by atoms with Crippen molar-refractivity contribution < 1.29 is 9.53 Å². The molecule has 0 spiro atoms. The van der Waals surface area contributed by atoms with Crippen LogP contribution in [-0.2, 0) is 4.74 Å². The first kappa shape index (κ1) is 16.2. The van der Waals surface area contributed by atoms with Gasteiger partial charge in [0.15, 0.2) is 0 Å². The number of urea groups is 1. The van der Waals surface area contributed by atoms with Crippen molar-refractivity contribution in [3.63, 3.8) is 0 Å². The molecular formula is C14H29N3O2. The summed E-state index contributed by atoms with van der Waals surface area (Å²) in [5.41, 5.74) is 0. The van der Waals surface area contributed by atoms with Crippen molar-refractivity contribution in [1.82, 2.24) is 15.1 Å². The molecule has 2 amide bonds. The van der Waals surface area contributed by atoms with Crippen LogP contribution in [0.15, 0.2) is 0 Å². The van der Waals surface area contributed by atoms with Gasteiger partial charge < -0.3 is 15.0 Å². The van der Waals surface area contributed by atoms with Gasteiger partial charge in [-0.05, 0) is 34.2 Å². The lowest BCUT2D eigenvalue weighted by molar-refractivity contribution is -0.0545. The maximum Gasteiger partial charge on any atom is 0.317 e. The Morgan fingerprint density at radius 2 is 1.95 bits per heavy atom. The second kappa shape index (κ2) is 7.70. The van der Waals surface area contributed by atoms with Gasteiger partial charge in [0.25, 0.3) is 0 Å². The molecule has 1 aliphatic rings. The molecule has 19 heavy (non-hydrogen) atoms. The summed E-state index contributed by atoms with van der Waals surface area (Å²) in [5, 5.41) is 3.00. The van der Waals surface area contributed by atoms with E-state index >= 15 is 0 Å². The van der Waals surface area contributed by atoms with Gasteiger partial charge in [0.05, 0.1) is 12.2 Å². The van der Waals surface area contributed by atoms with Crippen LogP contribution in [0.2, 0.25) is 0 Å². The number of carbonyl (C=O) groups excluding carboxylic acids is 1. The van der Waals surface area contributed by atoms with Crippen molar-refractivity contribution in [3.05, 3.63) is 0 Å². The number of likely N-dealkylation sites (N-methyl/N-ethyl adjacent to an activating group) is 1. The van der Waals surface area contributed by atoms with Gasteiger partial charge in [-0.15, -0.1) is 0 Å². The zero-order valence-electron chi connectivity index (χ0n) is 13.0. The summed E-state index contributed by atoms with van der Waals surface area (Å²) >= 11 is 0. The fraction of sp³-hybridized carbons (Fsp3) is 0.929. The summed E-state index contributed by atoms with van der Waals surface area (Å²) < 4.78 is 5.63. The van der Waals surface area contributed by atoms with Gasteiger partial charge in [-0.3, -0.25) is 4.90 Å². The molecule has 0 aromatic heterocycles. The molecule has 0 unspecified atom stereocenters. The highest BCUT2D eigenvalue weighted by Crippen LogP contribution is 2.10. The van der Waals surface area contributed by atoms with Crippen LogP contribution >= 0.6 is 0 Å². The maximum atomic E-state index is 12.1. The standard InChI is InChI=1S/C14H29N3O2/c1-6-16(11(2)3)8-7-15-14(18)17-9-12(4)19-13(5)10-17/h11-13H,6-10H2,1-5H3,(H,15,18)/t12-,13+. The van der Waals surface area contributed by atoms with E-state index in [9.17, 15) is 4.79 Å². The molecule has 1 rings (SSSR count). The quantitative estimate of drug-likeness (QED) is 0.825. The van der Waals surface area contributed by atoms with Crippen molar-refractivity contribution in [2.45, 2.75) is 52.9 Å². The Morgan fingerprint density at radius 1 is 1.37 bits per heavy atom. The maximum absolute atomic E-state index is 12.1. The number of hydrogen-bond acceptors (Lipinski definition) is 3. The molecule has 0 bridgehead atoms. The van der Waals surface area contributed by atoms with E-state index in [1.165, 1.54) is 0 Å². The molecule has 2 atom stereocenters. The fourth-order valence-electron chi connectivity index (χ4n) is 2.54. The summed E-state index contributed by atoms with van der Waals surface area (Å²) in [5.74, 6) is 0. The first-order valence-corrected chi connectivity index (χ1v) is 7.36. The summed E-state index contributed by atoms with van der Waals surface area (Å²) in [6.45, 7) is 14.5. The Bertz CT molecular complexity index is 274. The van der Waals surface area contributed by atoms with Crippen molar-refractivity contribution in [3.8, 4) is 0 Å². The Morgan fingerprint density at radius 3 is 2.42 bits per heavy atom. The first-order chi connectivity index (χ1) is 8.93. The number of amides is 2. The molecule has 0 aliphatic carbocycles. The van der Waals surface area contributed by atoms with E-state index in [1.807, 2.05) is 18.7 Å². The third-order valence-corrected chi connectivity index (χ3v) is 3.52. The molecule has 5 nitrogen and oxygen atoms in total. The van der Waals surface area contributed by atoms with Gasteiger partial charge in [-0.1, -0.05) is 6.92 Å². The van der Waals surface area contributed by atoms with Crippen LogP contribution in [0.3, 0.4) is 0 Å². The van der Waals surface area contributed by atoms with Gasteiger partial charge in [-0.25, -0.2) is 4.79 Å². The third-order valence-electron chi connectivity index (χ3n) is 3.52. The van der Waals surface area contributed by atoms with E-state index in [0.717, 1.165) is 13.1 Å². The van der Waals surface area contributed by atoms with Crippen molar-refractivity contribution in [1.29, 1.82) is 0 Å². The summed E-state index contributed by atoms with van der Waals surface area (Å²) in [6.07, 6.45) is 0.245. The molecule has 112 valence electrons. The number of nitrogens with one attached hydrogen (secondary N) is 1. The summed E-state index contributed by atoms with van der Waals surface area (Å²) in [6, 6.07) is 0.548. The van der Waals surface area contributed by atoms with Crippen molar-refractivity contribution in [2.24, 2.45) is 0 Å². The Balaban J connectivity index is 2.31. The lowest BCUT2D eigenvalue weighted by Gasteiger charge is -2.35. The molecule has 1 aliphatic heterocycles. The van der Waals surface area contributed by atoms with Crippen LogP contribution in [0.5, 0.6) is 0 Å². The van der Waals surface area contributed by atoms with Crippen LogP contribution in [-0.4, -0.2) is 66.8 Å². The number of hydrogen-bond donors (Lipinski definition) is 1. The lowest BCUT2D eigenvalue weighted by atomic mass is 10.2. The minimum Gasteiger partial charge on any atom is -0.372 e. The Labute approximate surface area is 117 Å². The molecule has 1 saturated heterocycles. The molecule has 0 saturated carbocycles. The Kier molecular flexibility index (Phi) is 6.58. The first-order valence-electron chi connectivity index (χ1n) is 7.36. The zero-order valence-corrected chi connectivity index (χ0v) is 13.0. The second-order valence-corrected chi connectivity index (χ2v) is 5.62. The Hall–Kier alpha value is -0.810. The van der Waals surface area contributed by atoms with E-state index in [2.05, 4.69) is 31.0 Å². The van der Waals surface area contributed by atoms with E-state index in [1.54, 1.807) is 0 Å². The molecule has 0 aromatic rings. The highest BCUT2D eigenvalue weighted by molar-refractivity contribution is 5.74. The van der Waals surface area contributed by atoms with Crippen molar-refractivity contribution >= 4 is 6.03 Å². The van der Waals surface area contributed by atoms with E-state index in [0.29, 0.717) is 25.7 Å². The SMILES string of the molecule is CCN(CCNC(=O)N1C[C@@H](C)O[C@@H](C)C1)C(C)C. The number of carbonyl (C=O) groups is 1.